The Morgan fingerprint density at radius 2 is 2.00 bits per heavy atom. The lowest BCUT2D eigenvalue weighted by Gasteiger charge is -2.16. The molecule has 0 unspecified atom stereocenters. The van der Waals surface area contributed by atoms with Gasteiger partial charge in [0.2, 0.25) is 0 Å². The minimum Gasteiger partial charge on any atom is -0.497 e. The molecular formula is C17H20N2O5. The van der Waals surface area contributed by atoms with E-state index in [1.54, 1.807) is 18.2 Å². The van der Waals surface area contributed by atoms with E-state index < -0.39 is 12.0 Å². The van der Waals surface area contributed by atoms with Crippen LogP contribution in [-0.2, 0) is 0 Å². The van der Waals surface area contributed by atoms with Gasteiger partial charge in [0, 0.05) is 23.9 Å². The second-order valence-electron chi connectivity index (χ2n) is 5.19. The van der Waals surface area contributed by atoms with Gasteiger partial charge in [-0.1, -0.05) is 0 Å². The van der Waals surface area contributed by atoms with Gasteiger partial charge in [-0.3, -0.25) is 9.59 Å². The molecule has 3 N–H and O–H groups in total. The third-order valence-electron chi connectivity index (χ3n) is 3.59. The van der Waals surface area contributed by atoms with E-state index in [-0.39, 0.29) is 18.0 Å². The molecule has 0 aliphatic heterocycles. The van der Waals surface area contributed by atoms with Gasteiger partial charge in [-0.15, -0.1) is 0 Å². The Morgan fingerprint density at radius 1 is 1.25 bits per heavy atom. The van der Waals surface area contributed by atoms with Gasteiger partial charge in [0.25, 0.3) is 5.91 Å². The second kappa shape index (κ2) is 7.65. The topological polar surface area (TPSA) is 101 Å². The number of hydrogen-bond acceptors (Lipinski definition) is 5. The van der Waals surface area contributed by atoms with Gasteiger partial charge >= 0.3 is 0 Å². The smallest absolute Gasteiger partial charge is 0.267 e. The summed E-state index contributed by atoms with van der Waals surface area (Å²) in [5, 5.41) is 12.9. The Labute approximate surface area is 139 Å². The second-order valence-corrected chi connectivity index (χ2v) is 5.19. The molecule has 1 amide bonds. The first-order valence-corrected chi connectivity index (χ1v) is 7.33. The number of hydrogen-bond donors (Lipinski definition) is 3. The maximum absolute atomic E-state index is 12.1. The van der Waals surface area contributed by atoms with Crippen molar-refractivity contribution in [3.63, 3.8) is 0 Å². The van der Waals surface area contributed by atoms with E-state index in [0.29, 0.717) is 22.6 Å². The van der Waals surface area contributed by atoms with Gasteiger partial charge < -0.3 is 24.9 Å². The molecule has 0 fully saturated rings. The summed E-state index contributed by atoms with van der Waals surface area (Å²) < 4.78 is 10.3. The minimum absolute atomic E-state index is 0.0171. The summed E-state index contributed by atoms with van der Waals surface area (Å²) in [6, 6.07) is 6.52. The Kier molecular flexibility index (Phi) is 5.59. The monoisotopic (exact) mass is 332 g/mol. The lowest BCUT2D eigenvalue weighted by molar-refractivity contribution is 0.0910. The number of aromatic nitrogens is 1. The number of amides is 1. The number of nitrogens with one attached hydrogen (secondary N) is 2. The first kappa shape index (κ1) is 17.6. The van der Waals surface area contributed by atoms with Crippen LogP contribution >= 0.6 is 0 Å². The largest absolute Gasteiger partial charge is 0.497 e. The van der Waals surface area contributed by atoms with Crippen LogP contribution in [0, 0.1) is 0 Å². The molecular weight excluding hydrogens is 312 g/mol. The number of Topliss-reactive ketones (excluding diaryl/α,β-unsaturated/α-hetero) is 1. The highest BCUT2D eigenvalue weighted by Gasteiger charge is 2.17. The van der Waals surface area contributed by atoms with E-state index in [1.165, 1.54) is 33.4 Å². The Hall–Kier alpha value is -2.80. The number of ketones is 1. The van der Waals surface area contributed by atoms with E-state index in [2.05, 4.69) is 10.3 Å². The molecule has 1 heterocycles. The Balaban J connectivity index is 2.05. The number of benzene rings is 1. The number of rotatable bonds is 7. The summed E-state index contributed by atoms with van der Waals surface area (Å²) in [6.07, 6.45) is 0.500. The van der Waals surface area contributed by atoms with Crippen molar-refractivity contribution in [2.24, 2.45) is 0 Å². The number of aliphatic hydroxyl groups is 1. The zero-order valence-electron chi connectivity index (χ0n) is 13.8. The molecule has 0 radical (unpaired) electrons. The van der Waals surface area contributed by atoms with Crippen molar-refractivity contribution in [1.82, 2.24) is 10.3 Å². The van der Waals surface area contributed by atoms with Crippen LogP contribution in [0.2, 0.25) is 0 Å². The maximum atomic E-state index is 12.1. The number of H-pyrrole nitrogens is 1. The van der Waals surface area contributed by atoms with E-state index >= 15 is 0 Å². The highest BCUT2D eigenvalue weighted by molar-refractivity contribution is 5.99. The van der Waals surface area contributed by atoms with E-state index in [4.69, 9.17) is 9.47 Å². The third-order valence-corrected chi connectivity index (χ3v) is 3.59. The van der Waals surface area contributed by atoms with Crippen molar-refractivity contribution < 1.29 is 24.2 Å². The van der Waals surface area contributed by atoms with E-state index in [1.807, 2.05) is 0 Å². The number of aliphatic hydroxyl groups excluding tert-OH is 1. The van der Waals surface area contributed by atoms with Crippen LogP contribution in [0.4, 0.5) is 0 Å². The number of carbonyl (C=O) groups is 2. The van der Waals surface area contributed by atoms with Crippen LogP contribution in [0.15, 0.2) is 30.5 Å². The predicted octanol–water partition coefficient (Wildman–Crippen LogP) is 1.70. The summed E-state index contributed by atoms with van der Waals surface area (Å²) in [5.41, 5.74) is 1.19. The molecule has 1 atom stereocenters. The van der Waals surface area contributed by atoms with Gasteiger partial charge in [-0.2, -0.15) is 0 Å². The molecule has 0 bridgehead atoms. The normalized spacial score (nSPS) is 11.7. The van der Waals surface area contributed by atoms with Crippen molar-refractivity contribution in [3.05, 3.63) is 47.3 Å². The van der Waals surface area contributed by atoms with Crippen LogP contribution in [0.1, 0.15) is 39.4 Å². The predicted molar refractivity (Wildman–Crippen MR) is 87.6 cm³/mol. The lowest BCUT2D eigenvalue weighted by atomic mass is 10.1. The molecule has 1 aromatic heterocycles. The number of aromatic amines is 1. The van der Waals surface area contributed by atoms with Gasteiger partial charge in [-0.05, 0) is 31.2 Å². The summed E-state index contributed by atoms with van der Waals surface area (Å²) in [4.78, 5) is 26.1. The molecule has 0 saturated heterocycles. The van der Waals surface area contributed by atoms with Crippen LogP contribution in [0.25, 0.3) is 0 Å². The fourth-order valence-corrected chi connectivity index (χ4v) is 2.22. The molecule has 2 aromatic rings. The van der Waals surface area contributed by atoms with Crippen molar-refractivity contribution in [2.45, 2.75) is 13.0 Å². The standard InChI is InChI=1S/C17H20N2O5/c1-10(20)11-6-14(18-8-11)17(22)19-9-15(21)13-7-12(23-2)4-5-16(13)24-3/h4-8,15,18,21H,9H2,1-3H3,(H,19,22)/t15-/m1/s1. The zero-order valence-corrected chi connectivity index (χ0v) is 13.8. The summed E-state index contributed by atoms with van der Waals surface area (Å²) >= 11 is 0. The number of ether oxygens (including phenoxy) is 2. The van der Waals surface area contributed by atoms with Gasteiger partial charge in [0.15, 0.2) is 5.78 Å². The van der Waals surface area contributed by atoms with Crippen LogP contribution in [0.3, 0.4) is 0 Å². The highest BCUT2D eigenvalue weighted by Crippen LogP contribution is 2.29. The van der Waals surface area contributed by atoms with Crippen molar-refractivity contribution >= 4 is 11.7 Å². The molecule has 128 valence electrons. The highest BCUT2D eigenvalue weighted by atomic mass is 16.5. The number of carbonyl (C=O) groups excluding carboxylic acids is 2. The molecule has 2 rings (SSSR count). The third kappa shape index (κ3) is 3.94. The summed E-state index contributed by atoms with van der Waals surface area (Å²) in [6.45, 7) is 1.40. The lowest BCUT2D eigenvalue weighted by Crippen LogP contribution is -2.28. The molecule has 0 saturated carbocycles. The quantitative estimate of drug-likeness (QED) is 0.670. The fourth-order valence-electron chi connectivity index (χ4n) is 2.22. The first-order chi connectivity index (χ1) is 11.5. The molecule has 0 aliphatic carbocycles. The molecule has 24 heavy (non-hydrogen) atoms. The maximum Gasteiger partial charge on any atom is 0.267 e. The van der Waals surface area contributed by atoms with Crippen molar-refractivity contribution in [3.8, 4) is 11.5 Å². The summed E-state index contributed by atoms with van der Waals surface area (Å²) in [5.74, 6) is 0.526. The summed E-state index contributed by atoms with van der Waals surface area (Å²) in [7, 11) is 3.02. The van der Waals surface area contributed by atoms with Crippen LogP contribution in [0.5, 0.6) is 11.5 Å². The Morgan fingerprint density at radius 3 is 2.58 bits per heavy atom. The van der Waals surface area contributed by atoms with E-state index in [0.717, 1.165) is 0 Å². The van der Waals surface area contributed by atoms with Crippen molar-refractivity contribution in [1.29, 1.82) is 0 Å². The molecule has 1 aromatic carbocycles. The Bertz CT molecular complexity index is 738. The minimum atomic E-state index is -0.971. The van der Waals surface area contributed by atoms with Gasteiger partial charge in [-0.25, -0.2) is 0 Å². The van der Waals surface area contributed by atoms with Crippen LogP contribution in [-0.4, -0.2) is 42.5 Å². The van der Waals surface area contributed by atoms with Crippen molar-refractivity contribution in [2.75, 3.05) is 20.8 Å². The van der Waals surface area contributed by atoms with Gasteiger partial charge in [0.1, 0.15) is 23.3 Å². The molecule has 0 aliphatic rings. The average Bonchev–Trinajstić information content (AvgIpc) is 3.09. The molecule has 7 heteroatoms. The fraction of sp³-hybridized carbons (Fsp3) is 0.294. The van der Waals surface area contributed by atoms with Crippen LogP contribution < -0.4 is 14.8 Å². The average molecular weight is 332 g/mol. The van der Waals surface area contributed by atoms with E-state index in [9.17, 15) is 14.7 Å². The zero-order chi connectivity index (χ0) is 17.7. The molecule has 7 nitrogen and oxygen atoms in total. The molecule has 0 spiro atoms. The number of methoxy groups -OCH3 is 2. The van der Waals surface area contributed by atoms with Gasteiger partial charge in [0.05, 0.1) is 14.2 Å². The SMILES string of the molecule is COc1ccc(OC)c([C@H](O)CNC(=O)c2cc(C(C)=O)c[nH]2)c1. The first-order valence-electron chi connectivity index (χ1n) is 7.33.